The Hall–Kier alpha value is -0.820. The van der Waals surface area contributed by atoms with Crippen molar-refractivity contribution in [3.8, 4) is 0 Å². The highest BCUT2D eigenvalue weighted by Crippen LogP contribution is 2.37. The van der Waals surface area contributed by atoms with Crippen molar-refractivity contribution in [1.82, 2.24) is 0 Å². The van der Waals surface area contributed by atoms with E-state index in [0.717, 1.165) is 23.8 Å². The molecule has 1 aromatic rings. The van der Waals surface area contributed by atoms with Gasteiger partial charge in [-0.25, -0.2) is 0 Å². The Kier molecular flexibility index (Phi) is 4.22. The third-order valence-corrected chi connectivity index (χ3v) is 5.22. The minimum Gasteiger partial charge on any atom is -0.388 e. The predicted octanol–water partition coefficient (Wildman–Crippen LogP) is 4.96. The molecule has 2 saturated carbocycles. The Balaban J connectivity index is 1.52. The number of benzene rings is 1. The van der Waals surface area contributed by atoms with Gasteiger partial charge in [0.2, 0.25) is 0 Å². The third kappa shape index (κ3) is 3.20. The first kappa shape index (κ1) is 13.2. The summed E-state index contributed by atoms with van der Waals surface area (Å²) < 4.78 is 0. The molecule has 0 spiro atoms. The summed E-state index contributed by atoms with van der Waals surface area (Å²) in [5.41, 5.74) is 2.58. The van der Waals surface area contributed by atoms with Gasteiger partial charge in [0.1, 0.15) is 0 Å². The molecule has 0 bridgehead atoms. The van der Waals surface area contributed by atoms with Crippen LogP contribution in [-0.4, -0.2) is 5.11 Å². The third-order valence-electron chi connectivity index (χ3n) is 5.22. The highest BCUT2D eigenvalue weighted by molar-refractivity contribution is 5.27. The molecule has 0 heterocycles. The zero-order valence-electron chi connectivity index (χ0n) is 11.9. The summed E-state index contributed by atoms with van der Waals surface area (Å²) in [4.78, 5) is 0. The van der Waals surface area contributed by atoms with Gasteiger partial charge in [-0.1, -0.05) is 56.4 Å². The van der Waals surface area contributed by atoms with E-state index in [9.17, 15) is 5.11 Å². The topological polar surface area (TPSA) is 20.2 Å². The van der Waals surface area contributed by atoms with E-state index in [2.05, 4.69) is 24.3 Å². The fourth-order valence-electron chi connectivity index (χ4n) is 3.59. The smallest absolute Gasteiger partial charge is 0.0790 e. The Bertz CT molecular complexity index is 385. The zero-order chi connectivity index (χ0) is 13.1. The molecule has 0 aromatic heterocycles. The van der Waals surface area contributed by atoms with E-state index < -0.39 is 0 Å². The molecule has 1 aromatic carbocycles. The van der Waals surface area contributed by atoms with Gasteiger partial charge in [-0.3, -0.25) is 0 Å². The molecule has 19 heavy (non-hydrogen) atoms. The van der Waals surface area contributed by atoms with E-state index in [4.69, 9.17) is 0 Å². The summed E-state index contributed by atoms with van der Waals surface area (Å²) >= 11 is 0. The maximum absolute atomic E-state index is 10.3. The van der Waals surface area contributed by atoms with Crippen molar-refractivity contribution in [2.24, 2.45) is 5.92 Å². The Morgan fingerprint density at radius 3 is 2.21 bits per heavy atom. The van der Waals surface area contributed by atoms with Crippen LogP contribution in [0.3, 0.4) is 0 Å². The lowest BCUT2D eigenvalue weighted by Gasteiger charge is -2.26. The van der Waals surface area contributed by atoms with Crippen LogP contribution >= 0.6 is 0 Å². The van der Waals surface area contributed by atoms with Gasteiger partial charge in [0.25, 0.3) is 0 Å². The van der Waals surface area contributed by atoms with Gasteiger partial charge in [0.05, 0.1) is 6.10 Å². The van der Waals surface area contributed by atoms with Crippen LogP contribution in [-0.2, 0) is 0 Å². The van der Waals surface area contributed by atoms with Gasteiger partial charge in [-0.05, 0) is 48.6 Å². The van der Waals surface area contributed by atoms with Crippen molar-refractivity contribution in [3.63, 3.8) is 0 Å². The number of hydrogen-bond donors (Lipinski definition) is 1. The largest absolute Gasteiger partial charge is 0.388 e. The molecule has 0 saturated heterocycles. The van der Waals surface area contributed by atoms with Crippen LogP contribution < -0.4 is 0 Å². The van der Waals surface area contributed by atoms with Gasteiger partial charge in [0, 0.05) is 0 Å². The van der Waals surface area contributed by atoms with Crippen molar-refractivity contribution in [2.45, 2.75) is 69.8 Å². The molecular formula is C18H26O. The molecule has 1 nitrogen and oxygen atoms in total. The van der Waals surface area contributed by atoms with Crippen LogP contribution in [0.15, 0.2) is 24.3 Å². The summed E-state index contributed by atoms with van der Waals surface area (Å²) in [7, 11) is 0. The van der Waals surface area contributed by atoms with E-state index in [0.29, 0.717) is 0 Å². The predicted molar refractivity (Wildman–Crippen MR) is 79.2 cm³/mol. The summed E-state index contributed by atoms with van der Waals surface area (Å²) in [5, 5.41) is 10.3. The van der Waals surface area contributed by atoms with Crippen molar-refractivity contribution >= 4 is 0 Å². The average Bonchev–Trinajstić information content (AvgIpc) is 2.88. The molecule has 104 valence electrons. The lowest BCUT2D eigenvalue weighted by Crippen LogP contribution is -2.09. The minimum atomic E-state index is -0.254. The highest BCUT2D eigenvalue weighted by atomic mass is 16.3. The van der Waals surface area contributed by atoms with Crippen molar-refractivity contribution < 1.29 is 5.11 Å². The lowest BCUT2D eigenvalue weighted by molar-refractivity contribution is 0.157. The summed E-state index contributed by atoms with van der Waals surface area (Å²) in [5.74, 6) is 1.67. The maximum Gasteiger partial charge on any atom is 0.0790 e. The zero-order valence-corrected chi connectivity index (χ0v) is 11.9. The van der Waals surface area contributed by atoms with Crippen molar-refractivity contribution in [3.05, 3.63) is 35.4 Å². The van der Waals surface area contributed by atoms with Gasteiger partial charge in [0.15, 0.2) is 0 Å². The van der Waals surface area contributed by atoms with Gasteiger partial charge < -0.3 is 5.11 Å². The van der Waals surface area contributed by atoms with E-state index in [-0.39, 0.29) is 6.10 Å². The minimum absolute atomic E-state index is 0.254. The molecule has 0 aliphatic heterocycles. The molecule has 0 radical (unpaired) electrons. The second kappa shape index (κ2) is 6.09. The molecule has 3 rings (SSSR count). The first-order valence-electron chi connectivity index (χ1n) is 8.11. The molecule has 2 fully saturated rings. The Labute approximate surface area is 117 Å². The molecule has 2 aliphatic carbocycles. The number of rotatable bonds is 5. The van der Waals surface area contributed by atoms with Crippen LogP contribution in [0.4, 0.5) is 0 Å². The first-order valence-corrected chi connectivity index (χ1v) is 8.11. The quantitative estimate of drug-likeness (QED) is 0.791. The van der Waals surface area contributed by atoms with Gasteiger partial charge >= 0.3 is 0 Å². The monoisotopic (exact) mass is 258 g/mol. The second-order valence-electron chi connectivity index (χ2n) is 6.54. The highest BCUT2D eigenvalue weighted by Gasteiger charge is 2.20. The fraction of sp³-hybridized carbons (Fsp3) is 0.667. The summed E-state index contributed by atoms with van der Waals surface area (Å²) in [6, 6.07) is 8.76. The van der Waals surface area contributed by atoms with Gasteiger partial charge in [-0.15, -0.1) is 0 Å². The Morgan fingerprint density at radius 1 is 0.947 bits per heavy atom. The molecule has 0 amide bonds. The fourth-order valence-corrected chi connectivity index (χ4v) is 3.59. The standard InChI is InChI=1S/C18H26O/c19-18(13-8-14-4-1-2-5-14)17-11-9-16(10-12-17)15-6-3-7-15/h9-12,14-15,18-19H,1-8,13H2. The second-order valence-corrected chi connectivity index (χ2v) is 6.54. The number of aliphatic hydroxyl groups excluding tert-OH is 1. The van der Waals surface area contributed by atoms with Crippen LogP contribution in [0.25, 0.3) is 0 Å². The van der Waals surface area contributed by atoms with Crippen molar-refractivity contribution in [2.75, 3.05) is 0 Å². The average molecular weight is 258 g/mol. The normalized spacial score (nSPS) is 22.4. The molecular weight excluding hydrogens is 232 g/mol. The van der Waals surface area contributed by atoms with Crippen LogP contribution in [0.1, 0.15) is 80.9 Å². The van der Waals surface area contributed by atoms with Crippen molar-refractivity contribution in [1.29, 1.82) is 0 Å². The van der Waals surface area contributed by atoms with Crippen LogP contribution in [0.5, 0.6) is 0 Å². The van der Waals surface area contributed by atoms with Crippen LogP contribution in [0.2, 0.25) is 0 Å². The maximum atomic E-state index is 10.3. The summed E-state index contributed by atoms with van der Waals surface area (Å²) in [6.07, 6.45) is 11.5. The molecule has 1 unspecified atom stereocenters. The van der Waals surface area contributed by atoms with Gasteiger partial charge in [-0.2, -0.15) is 0 Å². The number of hydrogen-bond acceptors (Lipinski definition) is 1. The van der Waals surface area contributed by atoms with E-state index in [1.807, 2.05) is 0 Å². The molecule has 2 aliphatic rings. The van der Waals surface area contributed by atoms with E-state index in [1.165, 1.54) is 56.9 Å². The summed E-state index contributed by atoms with van der Waals surface area (Å²) in [6.45, 7) is 0. The van der Waals surface area contributed by atoms with Crippen LogP contribution in [0, 0.1) is 5.92 Å². The molecule has 1 atom stereocenters. The van der Waals surface area contributed by atoms with E-state index >= 15 is 0 Å². The SMILES string of the molecule is OC(CCC1CCCC1)c1ccc(C2CCC2)cc1. The van der Waals surface area contributed by atoms with E-state index in [1.54, 1.807) is 0 Å². The Morgan fingerprint density at radius 2 is 1.63 bits per heavy atom. The molecule has 1 N–H and O–H groups in total. The number of aliphatic hydroxyl groups is 1. The molecule has 1 heteroatoms. The lowest BCUT2D eigenvalue weighted by atomic mass is 9.80. The first-order chi connectivity index (χ1) is 9.33.